The van der Waals surface area contributed by atoms with E-state index in [1.165, 1.54) is 22.9 Å². The monoisotopic (exact) mass is 479 g/mol. The van der Waals surface area contributed by atoms with Gasteiger partial charge in [0, 0.05) is 17.0 Å². The first-order chi connectivity index (χ1) is 15.9. The predicted molar refractivity (Wildman–Crippen MR) is 136 cm³/mol. The molecule has 1 N–H and O–H groups in total. The summed E-state index contributed by atoms with van der Waals surface area (Å²) < 4.78 is 10.7. The number of fused-ring (bicyclic) bond motifs is 1. The Bertz CT molecular complexity index is 1320. The lowest BCUT2D eigenvalue weighted by molar-refractivity contribution is -0.115. The van der Waals surface area contributed by atoms with Crippen LogP contribution >= 0.6 is 23.1 Å². The molecule has 0 aliphatic carbocycles. The number of thioether (sulfide) groups is 1. The molecule has 33 heavy (non-hydrogen) atoms. The highest BCUT2D eigenvalue weighted by molar-refractivity contribution is 8.00. The second-order valence-corrected chi connectivity index (χ2v) is 9.81. The first kappa shape index (κ1) is 23.1. The number of carbonyl (C=O) groups excluding carboxylic acids is 1. The standard InChI is InChI=1S/C25H25N3O3S2/c1-14-6-7-17(10-15(14)2)19-12-32-24-22(19)25(27-13-26-24)33-16(3)23(29)28-20-11-18(30-4)8-9-21(20)31-5/h6-13,16H,1-5H3,(H,28,29). The van der Waals surface area contributed by atoms with Crippen LogP contribution in [0.1, 0.15) is 18.1 Å². The highest BCUT2D eigenvalue weighted by atomic mass is 32.2. The summed E-state index contributed by atoms with van der Waals surface area (Å²) >= 11 is 3.00. The molecular weight excluding hydrogens is 454 g/mol. The molecule has 0 aliphatic heterocycles. The third-order valence-electron chi connectivity index (χ3n) is 5.48. The Kier molecular flexibility index (Phi) is 6.85. The SMILES string of the molecule is COc1ccc(OC)c(NC(=O)C(C)Sc2ncnc3scc(-c4ccc(C)c(C)c4)c23)c1. The number of carbonyl (C=O) groups is 1. The van der Waals surface area contributed by atoms with E-state index in [1.807, 2.05) is 6.92 Å². The maximum Gasteiger partial charge on any atom is 0.237 e. The topological polar surface area (TPSA) is 73.3 Å². The van der Waals surface area contributed by atoms with E-state index < -0.39 is 5.25 Å². The Balaban J connectivity index is 1.62. The molecule has 1 unspecified atom stereocenters. The lowest BCUT2D eigenvalue weighted by Crippen LogP contribution is -2.22. The van der Waals surface area contributed by atoms with Gasteiger partial charge in [0.2, 0.25) is 5.91 Å². The molecular formula is C25H25N3O3S2. The molecule has 0 fully saturated rings. The molecule has 0 radical (unpaired) electrons. The maximum atomic E-state index is 13.0. The van der Waals surface area contributed by atoms with Crippen molar-refractivity contribution in [2.45, 2.75) is 31.0 Å². The summed E-state index contributed by atoms with van der Waals surface area (Å²) in [4.78, 5) is 22.9. The second-order valence-electron chi connectivity index (χ2n) is 7.62. The molecule has 2 heterocycles. The fraction of sp³-hybridized carbons (Fsp3) is 0.240. The number of benzene rings is 2. The lowest BCUT2D eigenvalue weighted by atomic mass is 10.0. The molecule has 2 aromatic heterocycles. The van der Waals surface area contributed by atoms with Gasteiger partial charge in [-0.2, -0.15) is 0 Å². The van der Waals surface area contributed by atoms with Crippen LogP contribution in [0.25, 0.3) is 21.3 Å². The molecule has 0 bridgehead atoms. The number of hydrogen-bond donors (Lipinski definition) is 1. The minimum atomic E-state index is -0.397. The van der Waals surface area contributed by atoms with Crippen LogP contribution in [0.15, 0.2) is 53.1 Å². The maximum absolute atomic E-state index is 13.0. The zero-order valence-corrected chi connectivity index (χ0v) is 20.8. The number of nitrogens with zero attached hydrogens (tertiary/aromatic N) is 2. The van der Waals surface area contributed by atoms with Gasteiger partial charge < -0.3 is 14.8 Å². The van der Waals surface area contributed by atoms with Crippen LogP contribution in [0.2, 0.25) is 0 Å². The van der Waals surface area contributed by atoms with E-state index in [9.17, 15) is 4.79 Å². The summed E-state index contributed by atoms with van der Waals surface area (Å²) in [6, 6.07) is 11.7. The summed E-state index contributed by atoms with van der Waals surface area (Å²) in [6.45, 7) is 6.08. The van der Waals surface area contributed by atoms with Crippen molar-refractivity contribution >= 4 is 44.9 Å². The molecule has 170 valence electrons. The highest BCUT2D eigenvalue weighted by Crippen LogP contribution is 2.39. The van der Waals surface area contributed by atoms with Gasteiger partial charge in [0.1, 0.15) is 27.7 Å². The fourth-order valence-corrected chi connectivity index (χ4v) is 5.34. The van der Waals surface area contributed by atoms with Gasteiger partial charge in [-0.15, -0.1) is 11.3 Å². The second kappa shape index (κ2) is 9.80. The van der Waals surface area contributed by atoms with Gasteiger partial charge in [0.25, 0.3) is 0 Å². The number of anilines is 1. The van der Waals surface area contributed by atoms with Crippen molar-refractivity contribution in [1.82, 2.24) is 9.97 Å². The van der Waals surface area contributed by atoms with Gasteiger partial charge in [-0.3, -0.25) is 4.79 Å². The van der Waals surface area contributed by atoms with Crippen molar-refractivity contribution in [3.8, 4) is 22.6 Å². The Morgan fingerprint density at radius 3 is 2.61 bits per heavy atom. The number of hydrogen-bond acceptors (Lipinski definition) is 7. The number of amides is 1. The average Bonchev–Trinajstić information content (AvgIpc) is 3.26. The first-order valence-corrected chi connectivity index (χ1v) is 12.2. The Hall–Kier alpha value is -3.10. The van der Waals surface area contributed by atoms with Crippen LogP contribution in [0.4, 0.5) is 5.69 Å². The zero-order valence-electron chi connectivity index (χ0n) is 19.1. The van der Waals surface area contributed by atoms with Crippen LogP contribution in [0.3, 0.4) is 0 Å². The third kappa shape index (κ3) is 4.82. The number of ether oxygens (including phenoxy) is 2. The van der Waals surface area contributed by atoms with E-state index in [1.54, 1.807) is 50.1 Å². The number of methoxy groups -OCH3 is 2. The quantitative estimate of drug-likeness (QED) is 0.255. The Morgan fingerprint density at radius 2 is 1.88 bits per heavy atom. The summed E-state index contributed by atoms with van der Waals surface area (Å²) in [6.07, 6.45) is 1.56. The van der Waals surface area contributed by atoms with Crippen LogP contribution in [-0.4, -0.2) is 35.3 Å². The molecule has 1 amide bonds. The van der Waals surface area contributed by atoms with Crippen LogP contribution < -0.4 is 14.8 Å². The molecule has 1 atom stereocenters. The van der Waals surface area contributed by atoms with Crippen molar-refractivity contribution in [1.29, 1.82) is 0 Å². The van der Waals surface area contributed by atoms with Crippen LogP contribution in [-0.2, 0) is 4.79 Å². The summed E-state index contributed by atoms with van der Waals surface area (Å²) in [5.41, 5.74) is 5.26. The van der Waals surface area contributed by atoms with Crippen LogP contribution in [0.5, 0.6) is 11.5 Å². The van der Waals surface area contributed by atoms with Gasteiger partial charge in [0.05, 0.1) is 30.5 Å². The summed E-state index contributed by atoms with van der Waals surface area (Å²) in [7, 11) is 3.15. The molecule has 4 aromatic rings. The lowest BCUT2D eigenvalue weighted by Gasteiger charge is -2.15. The van der Waals surface area contributed by atoms with Crippen molar-refractivity contribution in [3.05, 3.63) is 59.2 Å². The molecule has 4 rings (SSSR count). The first-order valence-electron chi connectivity index (χ1n) is 10.4. The van der Waals surface area contributed by atoms with Gasteiger partial charge in [-0.05, 0) is 49.6 Å². The molecule has 0 spiro atoms. The number of aryl methyl sites for hydroxylation is 2. The minimum absolute atomic E-state index is 0.152. The zero-order chi connectivity index (χ0) is 23.5. The van der Waals surface area contributed by atoms with E-state index in [2.05, 4.69) is 52.7 Å². The van der Waals surface area contributed by atoms with E-state index in [-0.39, 0.29) is 5.91 Å². The normalized spacial score (nSPS) is 11.9. The summed E-state index contributed by atoms with van der Waals surface area (Å²) in [5, 5.41) is 6.43. The molecule has 2 aromatic carbocycles. The highest BCUT2D eigenvalue weighted by Gasteiger charge is 2.21. The average molecular weight is 480 g/mol. The number of rotatable bonds is 7. The number of aromatic nitrogens is 2. The van der Waals surface area contributed by atoms with Crippen molar-refractivity contribution in [2.75, 3.05) is 19.5 Å². The number of nitrogens with one attached hydrogen (secondary N) is 1. The Morgan fingerprint density at radius 1 is 1.06 bits per heavy atom. The Labute approximate surface area is 201 Å². The number of thiophene rings is 1. The van der Waals surface area contributed by atoms with Gasteiger partial charge in [0.15, 0.2) is 0 Å². The molecule has 0 saturated carbocycles. The third-order valence-corrected chi connectivity index (χ3v) is 7.46. The van der Waals surface area contributed by atoms with Crippen molar-refractivity contribution < 1.29 is 14.3 Å². The molecule has 0 aliphatic rings. The predicted octanol–water partition coefficient (Wildman–Crippen LogP) is 6.11. The molecule has 8 heteroatoms. The van der Waals surface area contributed by atoms with E-state index in [0.29, 0.717) is 17.2 Å². The van der Waals surface area contributed by atoms with Gasteiger partial charge in [-0.1, -0.05) is 30.0 Å². The minimum Gasteiger partial charge on any atom is -0.497 e. The molecule has 0 saturated heterocycles. The van der Waals surface area contributed by atoms with E-state index >= 15 is 0 Å². The van der Waals surface area contributed by atoms with Crippen molar-refractivity contribution in [2.24, 2.45) is 0 Å². The van der Waals surface area contributed by atoms with Gasteiger partial charge >= 0.3 is 0 Å². The summed E-state index contributed by atoms with van der Waals surface area (Å²) in [5.74, 6) is 1.06. The van der Waals surface area contributed by atoms with Crippen LogP contribution in [0, 0.1) is 13.8 Å². The fourth-order valence-electron chi connectivity index (χ4n) is 3.43. The van der Waals surface area contributed by atoms with Gasteiger partial charge in [-0.25, -0.2) is 9.97 Å². The van der Waals surface area contributed by atoms with Crippen molar-refractivity contribution in [3.63, 3.8) is 0 Å². The van der Waals surface area contributed by atoms with E-state index in [0.717, 1.165) is 26.4 Å². The smallest absolute Gasteiger partial charge is 0.237 e. The van der Waals surface area contributed by atoms with E-state index in [4.69, 9.17) is 9.47 Å². The largest absolute Gasteiger partial charge is 0.497 e. The molecule has 6 nitrogen and oxygen atoms in total.